The monoisotopic (exact) mass is 671 g/mol. The summed E-state index contributed by atoms with van der Waals surface area (Å²) in [7, 11) is 3.93. The van der Waals surface area contributed by atoms with Crippen LogP contribution in [0.3, 0.4) is 0 Å². The van der Waals surface area contributed by atoms with Gasteiger partial charge in [-0.2, -0.15) is 0 Å². The molecule has 0 saturated heterocycles. The van der Waals surface area contributed by atoms with Gasteiger partial charge in [0.15, 0.2) is 0 Å². The minimum Gasteiger partial charge on any atom is -0.369 e. The van der Waals surface area contributed by atoms with Crippen molar-refractivity contribution in [2.45, 2.75) is 6.92 Å². The SMILES string of the molecule is Cc1ccc(Nc2c3ccccc3nc3c(C(=O)NCCN(C)C)cccc23)cc1NC(=O)Nc1ccc(N(CCCl)CCCl)cc1. The largest absolute Gasteiger partial charge is 0.369 e. The van der Waals surface area contributed by atoms with Crippen LogP contribution in [0.5, 0.6) is 0 Å². The molecule has 0 radical (unpaired) electrons. The number of nitrogens with one attached hydrogen (secondary N) is 4. The van der Waals surface area contributed by atoms with E-state index in [1.807, 2.05) is 105 Å². The van der Waals surface area contributed by atoms with Gasteiger partial charge in [-0.15, -0.1) is 23.2 Å². The number of para-hydroxylation sites is 2. The first kappa shape index (κ1) is 33.8. The Morgan fingerprint density at radius 2 is 1.49 bits per heavy atom. The molecular weight excluding hydrogens is 633 g/mol. The van der Waals surface area contributed by atoms with Gasteiger partial charge in [0.1, 0.15) is 0 Å². The number of likely N-dealkylation sites (N-methyl/N-ethyl adjacent to an activating group) is 1. The van der Waals surface area contributed by atoms with Crippen LogP contribution >= 0.6 is 23.2 Å². The Balaban J connectivity index is 1.38. The van der Waals surface area contributed by atoms with E-state index in [1.54, 1.807) is 6.07 Å². The number of hydrogen-bond acceptors (Lipinski definition) is 6. The average Bonchev–Trinajstić information content (AvgIpc) is 3.06. The van der Waals surface area contributed by atoms with Gasteiger partial charge in [0.05, 0.1) is 22.3 Å². The van der Waals surface area contributed by atoms with Gasteiger partial charge >= 0.3 is 6.03 Å². The van der Waals surface area contributed by atoms with Crippen molar-refractivity contribution in [3.63, 3.8) is 0 Å². The van der Waals surface area contributed by atoms with E-state index in [9.17, 15) is 9.59 Å². The summed E-state index contributed by atoms with van der Waals surface area (Å²) in [5.74, 6) is 0.821. The zero-order valence-corrected chi connectivity index (χ0v) is 28.3. The third kappa shape index (κ3) is 8.43. The number of halogens is 2. The van der Waals surface area contributed by atoms with E-state index in [2.05, 4.69) is 26.2 Å². The van der Waals surface area contributed by atoms with Crippen molar-refractivity contribution in [3.05, 3.63) is 96.1 Å². The summed E-state index contributed by atoms with van der Waals surface area (Å²) in [6, 6.07) is 26.5. The van der Waals surface area contributed by atoms with Gasteiger partial charge in [-0.05, 0) is 75.1 Å². The van der Waals surface area contributed by atoms with Gasteiger partial charge in [-0.1, -0.05) is 36.4 Å². The second-order valence-corrected chi connectivity index (χ2v) is 12.2. The maximum atomic E-state index is 13.2. The molecular formula is C36H39Cl2N7O2. The van der Waals surface area contributed by atoms with E-state index in [-0.39, 0.29) is 11.9 Å². The van der Waals surface area contributed by atoms with E-state index in [4.69, 9.17) is 28.2 Å². The second-order valence-electron chi connectivity index (χ2n) is 11.4. The highest BCUT2D eigenvalue weighted by Gasteiger charge is 2.17. The molecule has 4 N–H and O–H groups in total. The molecule has 11 heteroatoms. The molecule has 0 unspecified atom stereocenters. The summed E-state index contributed by atoms with van der Waals surface area (Å²) < 4.78 is 0. The molecule has 0 fully saturated rings. The van der Waals surface area contributed by atoms with Crippen molar-refractivity contribution in [3.8, 4) is 0 Å². The molecule has 0 aliphatic heterocycles. The number of hydrogen-bond donors (Lipinski definition) is 4. The number of rotatable bonds is 13. The fraction of sp³-hybridized carbons (Fsp3) is 0.250. The number of aryl methyl sites for hydroxylation is 1. The first-order valence-corrected chi connectivity index (χ1v) is 16.5. The number of pyridine rings is 1. The molecule has 1 heterocycles. The number of benzene rings is 4. The molecule has 5 aromatic rings. The third-order valence-corrected chi connectivity index (χ3v) is 8.09. The van der Waals surface area contributed by atoms with Crippen molar-refractivity contribution in [2.24, 2.45) is 0 Å². The predicted octanol–water partition coefficient (Wildman–Crippen LogP) is 7.66. The Morgan fingerprint density at radius 3 is 2.21 bits per heavy atom. The first-order valence-electron chi connectivity index (χ1n) is 15.4. The zero-order valence-electron chi connectivity index (χ0n) is 26.7. The van der Waals surface area contributed by atoms with Gasteiger partial charge in [-0.3, -0.25) is 4.79 Å². The number of amides is 3. The van der Waals surface area contributed by atoms with Crippen LogP contribution in [0.2, 0.25) is 0 Å². The maximum absolute atomic E-state index is 13.2. The molecule has 3 amide bonds. The molecule has 0 spiro atoms. The zero-order chi connectivity index (χ0) is 33.3. The second kappa shape index (κ2) is 15.8. The highest BCUT2D eigenvalue weighted by molar-refractivity contribution is 6.18. The molecule has 4 aromatic carbocycles. The first-order chi connectivity index (χ1) is 22.8. The molecule has 47 heavy (non-hydrogen) atoms. The fourth-order valence-corrected chi connectivity index (χ4v) is 5.72. The summed E-state index contributed by atoms with van der Waals surface area (Å²) in [5, 5.41) is 14.2. The number of aromatic nitrogens is 1. The summed E-state index contributed by atoms with van der Waals surface area (Å²) in [6.07, 6.45) is 0. The average molecular weight is 673 g/mol. The van der Waals surface area contributed by atoms with Crippen LogP contribution in [-0.2, 0) is 0 Å². The van der Waals surface area contributed by atoms with Crippen LogP contribution in [0.1, 0.15) is 15.9 Å². The minimum atomic E-state index is -0.360. The maximum Gasteiger partial charge on any atom is 0.323 e. The number of fused-ring (bicyclic) bond motifs is 2. The summed E-state index contributed by atoms with van der Waals surface area (Å²) in [5.41, 5.74) is 6.68. The molecule has 1 aromatic heterocycles. The van der Waals surface area contributed by atoms with Crippen molar-refractivity contribution < 1.29 is 9.59 Å². The number of carbonyl (C=O) groups excluding carboxylic acids is 2. The van der Waals surface area contributed by atoms with Crippen LogP contribution in [0.4, 0.5) is 33.2 Å². The molecule has 5 rings (SSSR count). The van der Waals surface area contributed by atoms with E-state index in [1.165, 1.54) is 0 Å². The van der Waals surface area contributed by atoms with Gasteiger partial charge in [0.2, 0.25) is 0 Å². The third-order valence-electron chi connectivity index (χ3n) is 7.75. The highest BCUT2D eigenvalue weighted by Crippen LogP contribution is 2.35. The van der Waals surface area contributed by atoms with Crippen molar-refractivity contribution >= 4 is 85.4 Å². The lowest BCUT2D eigenvalue weighted by Gasteiger charge is -2.23. The van der Waals surface area contributed by atoms with Gasteiger partial charge in [-0.25, -0.2) is 9.78 Å². The normalized spacial score (nSPS) is 11.1. The standard InChI is InChI=1S/C36H39Cl2N7O2/c1-24-11-12-26(23-32(24)43-36(47)41-25-13-15-27(16-14-25)45(20-17-37)21-18-38)40-33-28-7-4-5-10-31(28)42-34-29(33)8-6-9-30(34)35(46)39-19-22-44(2)3/h4-16,23H,17-22H2,1-3H3,(H,39,46)(H,40,42)(H2,41,43,47). The van der Waals surface area contributed by atoms with Gasteiger partial charge in [0.25, 0.3) is 5.91 Å². The summed E-state index contributed by atoms with van der Waals surface area (Å²) in [4.78, 5) is 35.3. The Labute approximate surface area is 285 Å². The quantitative estimate of drug-likeness (QED) is 0.0757. The minimum absolute atomic E-state index is 0.170. The Bertz CT molecular complexity index is 1860. The lowest BCUT2D eigenvalue weighted by Crippen LogP contribution is -2.31. The Hall–Kier alpha value is -4.57. The van der Waals surface area contributed by atoms with Gasteiger partial charge < -0.3 is 31.1 Å². The van der Waals surface area contributed by atoms with E-state index in [0.29, 0.717) is 53.8 Å². The van der Waals surface area contributed by atoms with Crippen LogP contribution in [0.25, 0.3) is 21.8 Å². The lowest BCUT2D eigenvalue weighted by molar-refractivity contribution is 0.0952. The summed E-state index contributed by atoms with van der Waals surface area (Å²) >= 11 is 11.9. The van der Waals surface area contributed by atoms with Crippen LogP contribution in [0, 0.1) is 6.92 Å². The van der Waals surface area contributed by atoms with Crippen molar-refractivity contribution in [1.82, 2.24) is 15.2 Å². The van der Waals surface area contributed by atoms with Crippen molar-refractivity contribution in [2.75, 3.05) is 72.9 Å². The topological polar surface area (TPSA) is 102 Å². The van der Waals surface area contributed by atoms with E-state index < -0.39 is 0 Å². The van der Waals surface area contributed by atoms with Crippen molar-refractivity contribution in [1.29, 1.82) is 0 Å². The van der Waals surface area contributed by atoms with Crippen LogP contribution in [-0.4, -0.2) is 73.9 Å². The van der Waals surface area contributed by atoms with E-state index >= 15 is 0 Å². The van der Waals surface area contributed by atoms with Crippen LogP contribution in [0.15, 0.2) is 84.9 Å². The molecule has 244 valence electrons. The molecule has 0 bridgehead atoms. The molecule has 0 saturated carbocycles. The van der Waals surface area contributed by atoms with Gasteiger partial charge in [0, 0.05) is 71.5 Å². The lowest BCUT2D eigenvalue weighted by atomic mass is 10.0. The van der Waals surface area contributed by atoms with Crippen LogP contribution < -0.4 is 26.2 Å². The molecule has 0 aliphatic rings. The number of urea groups is 1. The smallest absolute Gasteiger partial charge is 0.323 e. The Kier molecular flexibility index (Phi) is 11.4. The van der Waals surface area contributed by atoms with E-state index in [0.717, 1.165) is 45.5 Å². The molecule has 9 nitrogen and oxygen atoms in total. The highest BCUT2D eigenvalue weighted by atomic mass is 35.5. The fourth-order valence-electron chi connectivity index (χ4n) is 5.31. The number of anilines is 5. The molecule has 0 aliphatic carbocycles. The molecule has 0 atom stereocenters. The number of carbonyl (C=O) groups is 2. The predicted molar refractivity (Wildman–Crippen MR) is 197 cm³/mol. The number of alkyl halides is 2. The Morgan fingerprint density at radius 1 is 0.787 bits per heavy atom. The summed E-state index contributed by atoms with van der Waals surface area (Å²) in [6.45, 7) is 4.57. The number of nitrogens with zero attached hydrogens (tertiary/aromatic N) is 3.